The average molecular weight is 450 g/mol. The van der Waals surface area contributed by atoms with Crippen LogP contribution < -0.4 is 0 Å². The number of allylic oxidation sites excluding steroid dienone is 4. The molecule has 0 spiro atoms. The van der Waals surface area contributed by atoms with Crippen LogP contribution in [0, 0.1) is 0 Å². The second-order valence-corrected chi connectivity index (χ2v) is 8.48. The number of rotatable bonds is 4. The Morgan fingerprint density at radius 2 is 1.81 bits per heavy atom. The van der Waals surface area contributed by atoms with E-state index in [1.54, 1.807) is 36.4 Å². The highest BCUT2D eigenvalue weighted by atomic mass is 79.9. The topological polar surface area (TPSA) is 58.9 Å². The Morgan fingerprint density at radius 1 is 1.14 bits per heavy atom. The number of benzene rings is 1. The fourth-order valence-electron chi connectivity index (χ4n) is 1.71. The zero-order valence-electron chi connectivity index (χ0n) is 10.7. The van der Waals surface area contributed by atoms with Gasteiger partial charge in [-0.15, -0.1) is 0 Å². The molecule has 21 heavy (non-hydrogen) atoms. The van der Waals surface area contributed by atoms with E-state index in [1.807, 2.05) is 0 Å². The van der Waals surface area contributed by atoms with Gasteiger partial charge in [0.05, 0.1) is 15.5 Å². The van der Waals surface area contributed by atoms with Crippen molar-refractivity contribution in [1.29, 1.82) is 0 Å². The summed E-state index contributed by atoms with van der Waals surface area (Å²) in [7, 11) is -3.61. The van der Waals surface area contributed by atoms with Crippen molar-refractivity contribution in [3.8, 4) is 0 Å². The molecule has 1 aliphatic carbocycles. The summed E-state index contributed by atoms with van der Waals surface area (Å²) in [6.45, 7) is 3.32. The van der Waals surface area contributed by atoms with E-state index < -0.39 is 9.84 Å². The maximum absolute atomic E-state index is 12.7. The van der Waals surface area contributed by atoms with Gasteiger partial charge in [0.15, 0.2) is 0 Å². The molecule has 1 aliphatic rings. The first-order valence-electron chi connectivity index (χ1n) is 5.71. The molecule has 1 aromatic carbocycles. The number of hydrogen-bond acceptors (Lipinski definition) is 5. The Hall–Kier alpha value is -0.700. The number of sulfone groups is 1. The van der Waals surface area contributed by atoms with Crippen molar-refractivity contribution in [2.24, 2.45) is 8.80 Å². The van der Waals surface area contributed by atoms with E-state index in [0.29, 0.717) is 12.1 Å². The second-order valence-electron chi connectivity index (χ2n) is 4.03. The highest BCUT2D eigenvalue weighted by Gasteiger charge is 2.27. The minimum atomic E-state index is -3.61. The van der Waals surface area contributed by atoms with Gasteiger partial charge in [-0.25, -0.2) is 12.8 Å². The Kier molecular flexibility index (Phi) is 5.59. The second kappa shape index (κ2) is 7.04. The summed E-state index contributed by atoms with van der Waals surface area (Å²) in [4.78, 5) is 0.414. The molecule has 0 N–H and O–H groups in total. The summed E-state index contributed by atoms with van der Waals surface area (Å²) in [5.74, 6) is 0. The fourth-order valence-corrected chi connectivity index (χ4v) is 4.17. The Morgan fingerprint density at radius 3 is 2.43 bits per heavy atom. The van der Waals surface area contributed by atoms with Crippen molar-refractivity contribution in [2.75, 3.05) is 0 Å². The first-order chi connectivity index (χ1) is 9.95. The van der Waals surface area contributed by atoms with Crippen molar-refractivity contribution in [2.45, 2.75) is 11.3 Å². The fraction of sp³-hybridized carbons (Fsp3) is 0.0769. The van der Waals surface area contributed by atoms with Gasteiger partial charge >= 0.3 is 0 Å². The maximum Gasteiger partial charge on any atom is 0.208 e. The van der Waals surface area contributed by atoms with Crippen LogP contribution in [0.4, 0.5) is 0 Å². The smallest absolute Gasteiger partial charge is 0.208 e. The molecule has 0 radical (unpaired) electrons. The molecule has 1 aromatic rings. The molecule has 0 saturated carbocycles. The number of hydrogen-bond donors (Lipinski definition) is 0. The van der Waals surface area contributed by atoms with Crippen LogP contribution in [0.2, 0.25) is 0 Å². The Bertz CT molecular complexity index is 751. The highest BCUT2D eigenvalue weighted by Crippen LogP contribution is 2.30. The lowest BCUT2D eigenvalue weighted by molar-refractivity contribution is 0.603. The van der Waals surface area contributed by atoms with Gasteiger partial charge in [0.1, 0.15) is 12.1 Å². The predicted octanol–water partition coefficient (Wildman–Crippen LogP) is 4.49. The van der Waals surface area contributed by atoms with E-state index in [4.69, 9.17) is 0 Å². The van der Waals surface area contributed by atoms with Crippen LogP contribution >= 0.6 is 44.0 Å². The molecule has 0 atom stereocenters. The van der Waals surface area contributed by atoms with E-state index in [0.717, 1.165) is 21.1 Å². The third-order valence-corrected chi connectivity index (χ3v) is 5.99. The zero-order valence-corrected chi connectivity index (χ0v) is 15.5. The van der Waals surface area contributed by atoms with Crippen molar-refractivity contribution >= 4 is 66.3 Å². The van der Waals surface area contributed by atoms with Crippen LogP contribution in [0.1, 0.15) is 6.42 Å². The maximum atomic E-state index is 12.7. The van der Waals surface area contributed by atoms with E-state index in [2.05, 4.69) is 47.4 Å². The van der Waals surface area contributed by atoms with Gasteiger partial charge in [0.2, 0.25) is 9.84 Å². The van der Waals surface area contributed by atoms with Crippen LogP contribution in [-0.2, 0) is 9.84 Å². The molecule has 2 rings (SSSR count). The largest absolute Gasteiger partial charge is 0.218 e. The van der Waals surface area contributed by atoms with E-state index in [-0.39, 0.29) is 9.80 Å². The SMILES string of the molecule is C=NSN=C1CC(Br)=CC=C1S(=O)(=O)c1ccc(Br)cc1. The van der Waals surface area contributed by atoms with Gasteiger partial charge in [0, 0.05) is 22.1 Å². The lowest BCUT2D eigenvalue weighted by atomic mass is 10.1. The number of halogens is 2. The molecule has 0 unspecified atom stereocenters. The minimum Gasteiger partial charge on any atom is -0.218 e. The average Bonchev–Trinajstić information content (AvgIpc) is 2.45. The molecule has 0 heterocycles. The van der Waals surface area contributed by atoms with Gasteiger partial charge in [-0.05, 0) is 30.3 Å². The third-order valence-electron chi connectivity index (χ3n) is 2.66. The minimum absolute atomic E-state index is 0.184. The van der Waals surface area contributed by atoms with Gasteiger partial charge in [-0.3, -0.25) is 0 Å². The molecule has 4 nitrogen and oxygen atoms in total. The van der Waals surface area contributed by atoms with Crippen LogP contribution in [0.3, 0.4) is 0 Å². The first kappa shape index (κ1) is 16.7. The molecule has 8 heteroatoms. The monoisotopic (exact) mass is 448 g/mol. The molecular weight excluding hydrogens is 440 g/mol. The number of nitrogens with zero attached hydrogens (tertiary/aromatic N) is 2. The van der Waals surface area contributed by atoms with Crippen molar-refractivity contribution in [3.63, 3.8) is 0 Å². The van der Waals surface area contributed by atoms with Gasteiger partial charge < -0.3 is 0 Å². The van der Waals surface area contributed by atoms with Gasteiger partial charge in [-0.2, -0.15) is 4.40 Å². The Balaban J connectivity index is 2.50. The summed E-state index contributed by atoms with van der Waals surface area (Å²) >= 11 is 7.53. The van der Waals surface area contributed by atoms with Crippen molar-refractivity contribution < 1.29 is 8.42 Å². The summed E-state index contributed by atoms with van der Waals surface area (Å²) in [6.07, 6.45) is 3.67. The summed E-state index contributed by atoms with van der Waals surface area (Å²) in [6, 6.07) is 6.51. The summed E-state index contributed by atoms with van der Waals surface area (Å²) in [5.41, 5.74) is 0.449. The highest BCUT2D eigenvalue weighted by molar-refractivity contribution is 9.11. The zero-order chi connectivity index (χ0) is 15.5. The van der Waals surface area contributed by atoms with Gasteiger partial charge in [0.25, 0.3) is 0 Å². The standard InChI is InChI=1S/C13H10Br2N2O2S2/c1-16-20-17-12-8-10(15)4-7-13(12)21(18,19)11-5-2-9(14)3-6-11/h2-7H,1,8H2. The van der Waals surface area contributed by atoms with Crippen LogP contribution in [0.25, 0.3) is 0 Å². The summed E-state index contributed by atoms with van der Waals surface area (Å²) < 4.78 is 34.8. The molecule has 0 aromatic heterocycles. The van der Waals surface area contributed by atoms with Crippen molar-refractivity contribution in [1.82, 2.24) is 0 Å². The molecule has 0 bridgehead atoms. The quantitative estimate of drug-likeness (QED) is 0.502. The van der Waals surface area contributed by atoms with Gasteiger partial charge in [-0.1, -0.05) is 37.9 Å². The summed E-state index contributed by atoms with van der Waals surface area (Å²) in [5, 5.41) is 0. The molecule has 0 aliphatic heterocycles. The van der Waals surface area contributed by atoms with Crippen LogP contribution in [0.5, 0.6) is 0 Å². The normalized spacial score (nSPS) is 17.3. The van der Waals surface area contributed by atoms with Crippen LogP contribution in [0.15, 0.2) is 64.0 Å². The first-order valence-corrected chi connectivity index (χ1v) is 9.51. The molecule has 110 valence electrons. The van der Waals surface area contributed by atoms with Crippen LogP contribution in [-0.4, -0.2) is 20.8 Å². The lowest BCUT2D eigenvalue weighted by Gasteiger charge is -2.14. The lowest BCUT2D eigenvalue weighted by Crippen LogP contribution is -2.16. The molecule has 0 fully saturated rings. The molecule has 0 amide bonds. The van der Waals surface area contributed by atoms with E-state index in [1.165, 1.54) is 0 Å². The van der Waals surface area contributed by atoms with Crippen molar-refractivity contribution in [3.05, 3.63) is 50.3 Å². The molecule has 0 saturated heterocycles. The van der Waals surface area contributed by atoms with E-state index >= 15 is 0 Å². The third kappa shape index (κ3) is 3.94. The van der Waals surface area contributed by atoms with E-state index in [9.17, 15) is 8.42 Å². The molecular formula is C13H10Br2N2O2S2. The predicted molar refractivity (Wildman–Crippen MR) is 95.6 cm³/mol. The Labute approximate surface area is 144 Å².